The van der Waals surface area contributed by atoms with E-state index in [4.69, 9.17) is 9.47 Å². The molecule has 0 spiro atoms. The molecular formula is C18H23NO2. The minimum atomic E-state index is 0.346. The van der Waals surface area contributed by atoms with Crippen LogP contribution >= 0.6 is 0 Å². The van der Waals surface area contributed by atoms with Crippen LogP contribution in [0.2, 0.25) is 0 Å². The summed E-state index contributed by atoms with van der Waals surface area (Å²) in [6.07, 6.45) is 0. The highest BCUT2D eigenvalue weighted by atomic mass is 16.5. The molecule has 3 nitrogen and oxygen atoms in total. The Hall–Kier alpha value is -1.84. The zero-order valence-corrected chi connectivity index (χ0v) is 12.7. The third-order valence-corrected chi connectivity index (χ3v) is 3.24. The summed E-state index contributed by atoms with van der Waals surface area (Å²) in [5.41, 5.74) is 2.42. The van der Waals surface area contributed by atoms with Crippen molar-refractivity contribution in [3.63, 3.8) is 0 Å². The molecular weight excluding hydrogens is 262 g/mol. The van der Waals surface area contributed by atoms with Gasteiger partial charge in [0.2, 0.25) is 0 Å². The molecule has 1 N–H and O–H groups in total. The van der Waals surface area contributed by atoms with Crippen LogP contribution in [-0.2, 0) is 4.74 Å². The Balaban J connectivity index is 1.78. The van der Waals surface area contributed by atoms with Gasteiger partial charge in [0.15, 0.2) is 0 Å². The van der Waals surface area contributed by atoms with Gasteiger partial charge in [-0.05, 0) is 30.2 Å². The van der Waals surface area contributed by atoms with Gasteiger partial charge in [-0.3, -0.25) is 0 Å². The van der Waals surface area contributed by atoms with Gasteiger partial charge in [0.25, 0.3) is 0 Å². The molecule has 0 heterocycles. The molecule has 3 heteroatoms. The largest absolute Gasteiger partial charge is 0.492 e. The first-order chi connectivity index (χ1) is 10.3. The van der Waals surface area contributed by atoms with E-state index in [0.717, 1.165) is 12.3 Å². The van der Waals surface area contributed by atoms with Gasteiger partial charge >= 0.3 is 0 Å². The van der Waals surface area contributed by atoms with Crippen LogP contribution < -0.4 is 10.1 Å². The Bertz CT molecular complexity index is 511. The molecule has 2 rings (SSSR count). The van der Waals surface area contributed by atoms with Gasteiger partial charge in [-0.1, -0.05) is 42.5 Å². The lowest BCUT2D eigenvalue weighted by Crippen LogP contribution is -2.33. The summed E-state index contributed by atoms with van der Waals surface area (Å²) in [6, 6.07) is 18.9. The highest BCUT2D eigenvalue weighted by Crippen LogP contribution is 2.21. The van der Waals surface area contributed by atoms with Crippen molar-refractivity contribution in [1.82, 2.24) is 5.32 Å². The third kappa shape index (κ3) is 5.21. The smallest absolute Gasteiger partial charge is 0.119 e. The molecule has 1 atom stereocenters. The van der Waals surface area contributed by atoms with Crippen LogP contribution in [0.3, 0.4) is 0 Å². The van der Waals surface area contributed by atoms with Crippen molar-refractivity contribution in [1.29, 1.82) is 0 Å². The molecule has 0 fully saturated rings. The summed E-state index contributed by atoms with van der Waals surface area (Å²) in [5.74, 6) is 0.899. The summed E-state index contributed by atoms with van der Waals surface area (Å²) in [4.78, 5) is 0. The molecule has 0 aliphatic rings. The van der Waals surface area contributed by atoms with Crippen LogP contribution in [0.4, 0.5) is 0 Å². The zero-order chi connectivity index (χ0) is 14.9. The maximum atomic E-state index is 5.72. The van der Waals surface area contributed by atoms with Gasteiger partial charge in [-0.2, -0.15) is 0 Å². The normalized spacial score (nSPS) is 12.1. The molecule has 0 aromatic heterocycles. The van der Waals surface area contributed by atoms with Crippen molar-refractivity contribution >= 4 is 0 Å². The van der Waals surface area contributed by atoms with E-state index in [2.05, 4.69) is 36.5 Å². The van der Waals surface area contributed by atoms with E-state index in [-0.39, 0.29) is 0 Å². The SMILES string of the molecule is COCC(C)NCCOc1ccc(-c2ccccc2)cc1. The summed E-state index contributed by atoms with van der Waals surface area (Å²) >= 11 is 0. The molecule has 0 aliphatic carbocycles. The molecule has 0 saturated carbocycles. The Morgan fingerprint density at radius 3 is 2.29 bits per heavy atom. The third-order valence-electron chi connectivity index (χ3n) is 3.24. The number of methoxy groups -OCH3 is 1. The maximum absolute atomic E-state index is 5.72. The lowest BCUT2D eigenvalue weighted by molar-refractivity contribution is 0.169. The zero-order valence-electron chi connectivity index (χ0n) is 12.7. The molecule has 21 heavy (non-hydrogen) atoms. The molecule has 2 aromatic carbocycles. The van der Waals surface area contributed by atoms with E-state index in [9.17, 15) is 0 Å². The fraction of sp³-hybridized carbons (Fsp3) is 0.333. The second-order valence-electron chi connectivity index (χ2n) is 5.05. The molecule has 0 saturated heterocycles. The predicted molar refractivity (Wildman–Crippen MR) is 86.7 cm³/mol. The van der Waals surface area contributed by atoms with Gasteiger partial charge in [0.1, 0.15) is 12.4 Å². The highest BCUT2D eigenvalue weighted by Gasteiger charge is 2.00. The Labute approximate surface area is 126 Å². The second kappa shape index (κ2) is 8.45. The highest BCUT2D eigenvalue weighted by molar-refractivity contribution is 5.63. The molecule has 0 amide bonds. The van der Waals surface area contributed by atoms with Gasteiger partial charge in [-0.15, -0.1) is 0 Å². The summed E-state index contributed by atoms with van der Waals surface area (Å²) in [5, 5.41) is 3.34. The van der Waals surface area contributed by atoms with E-state index in [0.29, 0.717) is 19.3 Å². The molecule has 0 bridgehead atoms. The lowest BCUT2D eigenvalue weighted by atomic mass is 10.1. The minimum Gasteiger partial charge on any atom is -0.492 e. The van der Waals surface area contributed by atoms with E-state index >= 15 is 0 Å². The first-order valence-electron chi connectivity index (χ1n) is 7.30. The topological polar surface area (TPSA) is 30.5 Å². The van der Waals surface area contributed by atoms with Gasteiger partial charge in [0.05, 0.1) is 6.61 Å². The minimum absolute atomic E-state index is 0.346. The van der Waals surface area contributed by atoms with Crippen molar-refractivity contribution in [2.24, 2.45) is 0 Å². The summed E-state index contributed by atoms with van der Waals surface area (Å²) in [6.45, 7) is 4.27. The number of benzene rings is 2. The molecule has 112 valence electrons. The Kier molecular flexibility index (Phi) is 6.25. The second-order valence-corrected chi connectivity index (χ2v) is 5.05. The maximum Gasteiger partial charge on any atom is 0.119 e. The first-order valence-corrected chi connectivity index (χ1v) is 7.30. The average Bonchev–Trinajstić information content (AvgIpc) is 2.53. The Morgan fingerprint density at radius 1 is 0.952 bits per heavy atom. The van der Waals surface area contributed by atoms with Gasteiger partial charge in [0, 0.05) is 19.7 Å². The van der Waals surface area contributed by atoms with Crippen LogP contribution in [0.25, 0.3) is 11.1 Å². The van der Waals surface area contributed by atoms with Crippen molar-refractivity contribution in [3.8, 4) is 16.9 Å². The number of hydrogen-bond acceptors (Lipinski definition) is 3. The quantitative estimate of drug-likeness (QED) is 0.754. The fourth-order valence-electron chi connectivity index (χ4n) is 2.16. The molecule has 0 radical (unpaired) electrons. The summed E-state index contributed by atoms with van der Waals surface area (Å²) in [7, 11) is 1.71. The number of nitrogens with one attached hydrogen (secondary N) is 1. The summed E-state index contributed by atoms with van der Waals surface area (Å²) < 4.78 is 10.8. The fourth-order valence-corrected chi connectivity index (χ4v) is 2.16. The Morgan fingerprint density at radius 2 is 1.62 bits per heavy atom. The standard InChI is InChI=1S/C18H23NO2/c1-15(14-20-2)19-12-13-21-18-10-8-17(9-11-18)16-6-4-3-5-7-16/h3-11,15,19H,12-14H2,1-2H3. The van der Waals surface area contributed by atoms with E-state index in [1.807, 2.05) is 30.3 Å². The van der Waals surface area contributed by atoms with Gasteiger partial charge < -0.3 is 14.8 Å². The van der Waals surface area contributed by atoms with Crippen LogP contribution in [0.5, 0.6) is 5.75 Å². The van der Waals surface area contributed by atoms with Crippen molar-refractivity contribution < 1.29 is 9.47 Å². The van der Waals surface area contributed by atoms with Crippen LogP contribution in [-0.4, -0.2) is 32.9 Å². The monoisotopic (exact) mass is 285 g/mol. The van der Waals surface area contributed by atoms with E-state index in [1.165, 1.54) is 11.1 Å². The number of ether oxygens (including phenoxy) is 2. The van der Waals surface area contributed by atoms with Crippen LogP contribution in [0, 0.1) is 0 Å². The predicted octanol–water partition coefficient (Wildman–Crippen LogP) is 3.36. The van der Waals surface area contributed by atoms with Crippen molar-refractivity contribution in [2.75, 3.05) is 26.9 Å². The van der Waals surface area contributed by atoms with Crippen molar-refractivity contribution in [2.45, 2.75) is 13.0 Å². The number of hydrogen-bond donors (Lipinski definition) is 1. The average molecular weight is 285 g/mol. The van der Waals surface area contributed by atoms with E-state index < -0.39 is 0 Å². The number of rotatable bonds is 8. The van der Waals surface area contributed by atoms with E-state index in [1.54, 1.807) is 7.11 Å². The molecule has 0 aliphatic heterocycles. The van der Waals surface area contributed by atoms with Crippen LogP contribution in [0.15, 0.2) is 54.6 Å². The lowest BCUT2D eigenvalue weighted by Gasteiger charge is -2.13. The van der Waals surface area contributed by atoms with Gasteiger partial charge in [-0.25, -0.2) is 0 Å². The molecule has 1 unspecified atom stereocenters. The van der Waals surface area contributed by atoms with Crippen LogP contribution in [0.1, 0.15) is 6.92 Å². The first kappa shape index (κ1) is 15.5. The molecule has 2 aromatic rings. The van der Waals surface area contributed by atoms with Crippen molar-refractivity contribution in [3.05, 3.63) is 54.6 Å².